The molecule has 1 aliphatic rings. The number of carbonyl (C=O) groups excluding carboxylic acids is 1. The van der Waals surface area contributed by atoms with E-state index in [1.807, 2.05) is 13.8 Å². The molecule has 1 aliphatic carbocycles. The second-order valence-electron chi connectivity index (χ2n) is 4.86. The zero-order valence-corrected chi connectivity index (χ0v) is 9.68. The van der Waals surface area contributed by atoms with Crippen molar-refractivity contribution in [3.8, 4) is 0 Å². The lowest BCUT2D eigenvalue weighted by Crippen LogP contribution is -2.63. The number of amides is 1. The quantitative estimate of drug-likeness (QED) is 0.717. The number of hydrogen-bond donors (Lipinski definition) is 2. The Bertz CT molecular complexity index is 207. The van der Waals surface area contributed by atoms with Gasteiger partial charge in [0.2, 0.25) is 5.91 Å². The lowest BCUT2D eigenvalue weighted by Gasteiger charge is -2.42. The topological polar surface area (TPSA) is 41.1 Å². The highest BCUT2D eigenvalue weighted by molar-refractivity contribution is 5.87. The van der Waals surface area contributed by atoms with E-state index in [0.717, 1.165) is 19.3 Å². The standard InChI is InChI=1S/C11H22N2O/c1-8(2)12-10(14)11(6-5-7-11)13-9(3)4/h8-9,13H,5-7H2,1-4H3,(H,12,14). The molecule has 1 fully saturated rings. The van der Waals surface area contributed by atoms with Crippen LogP contribution >= 0.6 is 0 Å². The first-order valence-corrected chi connectivity index (χ1v) is 5.55. The molecule has 1 rings (SSSR count). The van der Waals surface area contributed by atoms with E-state index >= 15 is 0 Å². The summed E-state index contributed by atoms with van der Waals surface area (Å²) in [6, 6.07) is 0.599. The predicted octanol–water partition coefficient (Wildman–Crippen LogP) is 1.43. The summed E-state index contributed by atoms with van der Waals surface area (Å²) < 4.78 is 0. The van der Waals surface area contributed by atoms with Crippen molar-refractivity contribution in [3.05, 3.63) is 0 Å². The van der Waals surface area contributed by atoms with Gasteiger partial charge in [0.25, 0.3) is 0 Å². The van der Waals surface area contributed by atoms with Crippen LogP contribution in [0.25, 0.3) is 0 Å². The van der Waals surface area contributed by atoms with Gasteiger partial charge in [-0.25, -0.2) is 0 Å². The molecule has 3 heteroatoms. The van der Waals surface area contributed by atoms with Crippen LogP contribution in [0.15, 0.2) is 0 Å². The monoisotopic (exact) mass is 198 g/mol. The van der Waals surface area contributed by atoms with Crippen molar-refractivity contribution in [2.45, 2.75) is 64.6 Å². The molecule has 0 heterocycles. The molecular weight excluding hydrogens is 176 g/mol. The molecule has 1 amide bonds. The second kappa shape index (κ2) is 4.30. The third-order valence-corrected chi connectivity index (χ3v) is 2.63. The van der Waals surface area contributed by atoms with E-state index in [4.69, 9.17) is 0 Å². The summed E-state index contributed by atoms with van der Waals surface area (Å²) >= 11 is 0. The Kier molecular flexibility index (Phi) is 3.53. The van der Waals surface area contributed by atoms with Gasteiger partial charge in [0.05, 0.1) is 5.54 Å². The van der Waals surface area contributed by atoms with Crippen LogP contribution in [0.4, 0.5) is 0 Å². The fraction of sp³-hybridized carbons (Fsp3) is 0.909. The average molecular weight is 198 g/mol. The van der Waals surface area contributed by atoms with Gasteiger partial charge < -0.3 is 10.6 Å². The maximum atomic E-state index is 11.9. The molecule has 0 aliphatic heterocycles. The highest BCUT2D eigenvalue weighted by Crippen LogP contribution is 2.32. The van der Waals surface area contributed by atoms with Gasteiger partial charge in [-0.15, -0.1) is 0 Å². The van der Waals surface area contributed by atoms with Crippen molar-refractivity contribution in [1.29, 1.82) is 0 Å². The molecule has 0 unspecified atom stereocenters. The van der Waals surface area contributed by atoms with E-state index in [9.17, 15) is 4.79 Å². The van der Waals surface area contributed by atoms with E-state index in [1.54, 1.807) is 0 Å². The van der Waals surface area contributed by atoms with Gasteiger partial charge in [0.1, 0.15) is 0 Å². The highest BCUT2D eigenvalue weighted by atomic mass is 16.2. The van der Waals surface area contributed by atoms with Gasteiger partial charge in [-0.05, 0) is 47.0 Å². The Morgan fingerprint density at radius 1 is 1.14 bits per heavy atom. The lowest BCUT2D eigenvalue weighted by atomic mass is 9.75. The summed E-state index contributed by atoms with van der Waals surface area (Å²) in [7, 11) is 0. The van der Waals surface area contributed by atoms with Crippen LogP contribution in [0, 0.1) is 0 Å². The molecule has 2 N–H and O–H groups in total. The fourth-order valence-corrected chi connectivity index (χ4v) is 1.92. The predicted molar refractivity (Wildman–Crippen MR) is 58.1 cm³/mol. The molecule has 0 bridgehead atoms. The van der Waals surface area contributed by atoms with Crippen LogP contribution in [0.1, 0.15) is 47.0 Å². The van der Waals surface area contributed by atoms with Crippen LogP contribution in [-0.2, 0) is 4.79 Å². The molecular formula is C11H22N2O. The lowest BCUT2D eigenvalue weighted by molar-refractivity contribution is -0.132. The minimum absolute atomic E-state index is 0.174. The summed E-state index contributed by atoms with van der Waals surface area (Å²) in [5.74, 6) is 0.174. The van der Waals surface area contributed by atoms with Gasteiger partial charge in [0.15, 0.2) is 0 Å². The third-order valence-electron chi connectivity index (χ3n) is 2.63. The van der Waals surface area contributed by atoms with E-state index < -0.39 is 0 Å². The van der Waals surface area contributed by atoms with E-state index in [-0.39, 0.29) is 17.5 Å². The maximum Gasteiger partial charge on any atom is 0.240 e. The van der Waals surface area contributed by atoms with Gasteiger partial charge in [-0.1, -0.05) is 0 Å². The highest BCUT2D eigenvalue weighted by Gasteiger charge is 2.44. The number of carbonyl (C=O) groups is 1. The van der Waals surface area contributed by atoms with E-state index in [1.165, 1.54) is 0 Å². The molecule has 1 saturated carbocycles. The molecule has 0 atom stereocenters. The van der Waals surface area contributed by atoms with Crippen LogP contribution in [0.5, 0.6) is 0 Å². The summed E-state index contributed by atoms with van der Waals surface area (Å²) in [5, 5.41) is 6.38. The van der Waals surface area contributed by atoms with Crippen LogP contribution in [0.2, 0.25) is 0 Å². The van der Waals surface area contributed by atoms with Gasteiger partial charge in [-0.2, -0.15) is 0 Å². The van der Waals surface area contributed by atoms with Crippen molar-refractivity contribution < 1.29 is 4.79 Å². The SMILES string of the molecule is CC(C)NC(=O)C1(NC(C)C)CCC1. The minimum Gasteiger partial charge on any atom is -0.352 e. The molecule has 0 radical (unpaired) electrons. The summed E-state index contributed by atoms with van der Waals surface area (Å²) in [5.41, 5.74) is -0.265. The van der Waals surface area contributed by atoms with Crippen molar-refractivity contribution >= 4 is 5.91 Å². The van der Waals surface area contributed by atoms with Crippen molar-refractivity contribution in [3.63, 3.8) is 0 Å². The Labute approximate surface area is 86.6 Å². The Hall–Kier alpha value is -0.570. The number of nitrogens with one attached hydrogen (secondary N) is 2. The number of hydrogen-bond acceptors (Lipinski definition) is 2. The van der Waals surface area contributed by atoms with Crippen LogP contribution < -0.4 is 10.6 Å². The maximum absolute atomic E-state index is 11.9. The molecule has 14 heavy (non-hydrogen) atoms. The Morgan fingerprint density at radius 3 is 2.00 bits per heavy atom. The summed E-state index contributed by atoms with van der Waals surface area (Å²) in [6.07, 6.45) is 3.11. The first-order chi connectivity index (χ1) is 6.46. The smallest absolute Gasteiger partial charge is 0.240 e. The number of rotatable bonds is 4. The van der Waals surface area contributed by atoms with Crippen LogP contribution in [0.3, 0.4) is 0 Å². The fourth-order valence-electron chi connectivity index (χ4n) is 1.92. The third kappa shape index (κ3) is 2.47. The van der Waals surface area contributed by atoms with Crippen molar-refractivity contribution in [2.75, 3.05) is 0 Å². The Balaban J connectivity index is 2.55. The average Bonchev–Trinajstić information content (AvgIpc) is 1.94. The first-order valence-electron chi connectivity index (χ1n) is 5.55. The normalized spacial score (nSPS) is 19.6. The van der Waals surface area contributed by atoms with Gasteiger partial charge >= 0.3 is 0 Å². The van der Waals surface area contributed by atoms with Crippen molar-refractivity contribution in [2.24, 2.45) is 0 Å². The second-order valence-corrected chi connectivity index (χ2v) is 4.86. The van der Waals surface area contributed by atoms with Crippen molar-refractivity contribution in [1.82, 2.24) is 10.6 Å². The molecule has 0 saturated heterocycles. The molecule has 0 spiro atoms. The van der Waals surface area contributed by atoms with Crippen LogP contribution in [-0.4, -0.2) is 23.5 Å². The van der Waals surface area contributed by atoms with Gasteiger partial charge in [-0.3, -0.25) is 4.79 Å². The summed E-state index contributed by atoms with van der Waals surface area (Å²) in [6.45, 7) is 8.17. The largest absolute Gasteiger partial charge is 0.352 e. The molecule has 0 aromatic rings. The minimum atomic E-state index is -0.265. The van der Waals surface area contributed by atoms with E-state index in [2.05, 4.69) is 24.5 Å². The molecule has 0 aromatic heterocycles. The zero-order chi connectivity index (χ0) is 10.8. The molecule has 3 nitrogen and oxygen atoms in total. The zero-order valence-electron chi connectivity index (χ0n) is 9.68. The summed E-state index contributed by atoms with van der Waals surface area (Å²) in [4.78, 5) is 11.9. The molecule has 82 valence electrons. The Morgan fingerprint density at radius 2 is 1.71 bits per heavy atom. The van der Waals surface area contributed by atoms with Gasteiger partial charge in [0, 0.05) is 12.1 Å². The molecule has 0 aromatic carbocycles. The first kappa shape index (κ1) is 11.5. The van der Waals surface area contributed by atoms with E-state index in [0.29, 0.717) is 6.04 Å².